The summed E-state index contributed by atoms with van der Waals surface area (Å²) in [5.41, 5.74) is 4.92. The SMILES string of the molecule is CCN(Cc1nc2ccccc2c(=O)[nH]1)C(=O)Cc1coc2cc3c(cc12)CCC3. The van der Waals surface area contributed by atoms with Crippen LogP contribution in [0.1, 0.15) is 35.9 Å². The number of carbonyl (C=O) groups is 1. The third-order valence-electron chi connectivity index (χ3n) is 5.95. The van der Waals surface area contributed by atoms with Crippen LogP contribution >= 0.6 is 0 Å². The van der Waals surface area contributed by atoms with Gasteiger partial charge in [0.05, 0.1) is 30.1 Å². The van der Waals surface area contributed by atoms with Crippen LogP contribution in [0.5, 0.6) is 0 Å². The van der Waals surface area contributed by atoms with Gasteiger partial charge in [0.25, 0.3) is 5.56 Å². The number of carbonyl (C=O) groups excluding carboxylic acids is 1. The van der Waals surface area contributed by atoms with Crippen molar-refractivity contribution in [2.75, 3.05) is 6.54 Å². The van der Waals surface area contributed by atoms with Gasteiger partial charge in [-0.3, -0.25) is 9.59 Å². The van der Waals surface area contributed by atoms with Gasteiger partial charge in [0.2, 0.25) is 5.91 Å². The molecule has 30 heavy (non-hydrogen) atoms. The highest BCUT2D eigenvalue weighted by atomic mass is 16.3. The Morgan fingerprint density at radius 1 is 1.17 bits per heavy atom. The van der Waals surface area contributed by atoms with Crippen LogP contribution in [0.3, 0.4) is 0 Å². The van der Waals surface area contributed by atoms with E-state index in [9.17, 15) is 9.59 Å². The molecule has 0 radical (unpaired) electrons. The number of fused-ring (bicyclic) bond motifs is 3. The lowest BCUT2D eigenvalue weighted by atomic mass is 10.0. The largest absolute Gasteiger partial charge is 0.464 e. The normalized spacial score (nSPS) is 13.1. The third-order valence-corrected chi connectivity index (χ3v) is 5.95. The number of hydrogen-bond acceptors (Lipinski definition) is 4. The van der Waals surface area contributed by atoms with Crippen LogP contribution in [-0.2, 0) is 30.6 Å². The van der Waals surface area contributed by atoms with Gasteiger partial charge in [-0.25, -0.2) is 4.98 Å². The van der Waals surface area contributed by atoms with E-state index in [4.69, 9.17) is 4.42 Å². The molecule has 0 fully saturated rings. The molecule has 0 atom stereocenters. The van der Waals surface area contributed by atoms with Crippen molar-refractivity contribution in [3.05, 3.63) is 75.5 Å². The maximum Gasteiger partial charge on any atom is 0.258 e. The first-order valence-corrected chi connectivity index (χ1v) is 10.4. The second-order valence-corrected chi connectivity index (χ2v) is 7.85. The molecule has 0 aliphatic heterocycles. The van der Waals surface area contributed by atoms with Crippen molar-refractivity contribution in [3.63, 3.8) is 0 Å². The van der Waals surface area contributed by atoms with Crippen LogP contribution in [0, 0.1) is 0 Å². The Bertz CT molecular complexity index is 1320. The monoisotopic (exact) mass is 401 g/mol. The number of para-hydroxylation sites is 1. The maximum atomic E-state index is 13.0. The summed E-state index contributed by atoms with van der Waals surface area (Å²) in [6.07, 6.45) is 5.32. The highest BCUT2D eigenvalue weighted by Gasteiger charge is 2.20. The molecule has 5 rings (SSSR count). The molecule has 1 amide bonds. The van der Waals surface area contributed by atoms with E-state index in [2.05, 4.69) is 22.1 Å². The molecule has 0 spiro atoms. The standard InChI is InChI=1S/C24H23N3O3/c1-2-27(13-22-25-20-9-4-3-8-18(20)24(29)26-22)23(28)12-17-14-30-21-11-16-7-5-6-15(16)10-19(17)21/h3-4,8-11,14H,2,5-7,12-13H2,1H3,(H,25,26,29). The average Bonchev–Trinajstić information content (AvgIpc) is 3.37. The number of H-pyrrole nitrogens is 1. The van der Waals surface area contributed by atoms with Gasteiger partial charge in [0, 0.05) is 17.5 Å². The third kappa shape index (κ3) is 3.28. The van der Waals surface area contributed by atoms with E-state index in [-0.39, 0.29) is 24.4 Å². The average molecular weight is 401 g/mol. The van der Waals surface area contributed by atoms with E-state index in [0.717, 1.165) is 29.4 Å². The van der Waals surface area contributed by atoms with Crippen molar-refractivity contribution in [3.8, 4) is 0 Å². The number of nitrogens with zero attached hydrogens (tertiary/aromatic N) is 2. The molecule has 6 nitrogen and oxygen atoms in total. The second kappa shape index (κ2) is 7.44. The van der Waals surface area contributed by atoms with Gasteiger partial charge in [-0.15, -0.1) is 0 Å². The zero-order valence-corrected chi connectivity index (χ0v) is 16.9. The first kappa shape index (κ1) is 18.6. The van der Waals surface area contributed by atoms with Crippen LogP contribution in [0.2, 0.25) is 0 Å². The lowest BCUT2D eigenvalue weighted by molar-refractivity contribution is -0.131. The summed E-state index contributed by atoms with van der Waals surface area (Å²) in [6, 6.07) is 11.5. The molecule has 2 aromatic heterocycles. The fraction of sp³-hybridized carbons (Fsp3) is 0.292. The summed E-state index contributed by atoms with van der Waals surface area (Å²) in [6.45, 7) is 2.72. The van der Waals surface area contributed by atoms with Gasteiger partial charge in [-0.05, 0) is 61.6 Å². The Morgan fingerprint density at radius 3 is 2.80 bits per heavy atom. The van der Waals surface area contributed by atoms with Crippen LogP contribution in [0.25, 0.3) is 21.9 Å². The number of benzene rings is 2. The molecule has 0 saturated carbocycles. The van der Waals surface area contributed by atoms with E-state index in [1.54, 1.807) is 17.2 Å². The number of amides is 1. The van der Waals surface area contributed by atoms with Gasteiger partial charge < -0.3 is 14.3 Å². The molecular formula is C24H23N3O3. The Labute approximate surface area is 173 Å². The number of likely N-dealkylation sites (N-methyl/N-ethyl adjacent to an activating group) is 1. The topological polar surface area (TPSA) is 79.2 Å². The number of aromatic nitrogens is 2. The van der Waals surface area contributed by atoms with Crippen molar-refractivity contribution < 1.29 is 9.21 Å². The van der Waals surface area contributed by atoms with Gasteiger partial charge >= 0.3 is 0 Å². The zero-order chi connectivity index (χ0) is 20.7. The molecule has 2 heterocycles. The van der Waals surface area contributed by atoms with E-state index < -0.39 is 0 Å². The molecule has 1 aliphatic rings. The Morgan fingerprint density at radius 2 is 1.97 bits per heavy atom. The van der Waals surface area contributed by atoms with Crippen molar-refractivity contribution in [2.45, 2.75) is 39.2 Å². The summed E-state index contributed by atoms with van der Waals surface area (Å²) in [7, 11) is 0. The van der Waals surface area contributed by atoms with E-state index in [1.165, 1.54) is 17.5 Å². The van der Waals surface area contributed by atoms with Crippen molar-refractivity contribution in [1.29, 1.82) is 0 Å². The molecule has 6 heteroatoms. The zero-order valence-electron chi connectivity index (χ0n) is 16.9. The van der Waals surface area contributed by atoms with Gasteiger partial charge in [0.15, 0.2) is 0 Å². The summed E-state index contributed by atoms with van der Waals surface area (Å²) in [4.78, 5) is 34.4. The molecule has 0 bridgehead atoms. The fourth-order valence-corrected chi connectivity index (χ4v) is 4.33. The number of aryl methyl sites for hydroxylation is 2. The van der Waals surface area contributed by atoms with Crippen LogP contribution in [0.15, 0.2) is 51.9 Å². The van der Waals surface area contributed by atoms with Crippen LogP contribution < -0.4 is 5.56 Å². The van der Waals surface area contributed by atoms with Crippen molar-refractivity contribution >= 4 is 27.8 Å². The molecule has 4 aromatic rings. The molecule has 1 aliphatic carbocycles. The number of nitrogens with one attached hydrogen (secondary N) is 1. The summed E-state index contributed by atoms with van der Waals surface area (Å²) < 4.78 is 5.74. The number of furan rings is 1. The Kier molecular flexibility index (Phi) is 4.62. The van der Waals surface area contributed by atoms with Crippen molar-refractivity contribution in [2.24, 2.45) is 0 Å². The molecular weight excluding hydrogens is 378 g/mol. The minimum Gasteiger partial charge on any atom is -0.464 e. The molecule has 0 unspecified atom stereocenters. The predicted molar refractivity (Wildman–Crippen MR) is 115 cm³/mol. The van der Waals surface area contributed by atoms with E-state index in [1.807, 2.05) is 25.1 Å². The van der Waals surface area contributed by atoms with E-state index in [0.29, 0.717) is 23.3 Å². The molecule has 0 saturated heterocycles. The van der Waals surface area contributed by atoms with Crippen LogP contribution in [-0.4, -0.2) is 27.3 Å². The predicted octanol–water partition coefficient (Wildman–Crippen LogP) is 3.75. The maximum absolute atomic E-state index is 13.0. The molecule has 1 N–H and O–H groups in total. The van der Waals surface area contributed by atoms with Gasteiger partial charge in [0.1, 0.15) is 11.4 Å². The second-order valence-electron chi connectivity index (χ2n) is 7.85. The Hall–Kier alpha value is -3.41. The van der Waals surface area contributed by atoms with E-state index >= 15 is 0 Å². The lowest BCUT2D eigenvalue weighted by Crippen LogP contribution is -2.33. The quantitative estimate of drug-likeness (QED) is 0.552. The van der Waals surface area contributed by atoms with Gasteiger partial charge in [-0.2, -0.15) is 0 Å². The minimum atomic E-state index is -0.186. The first-order chi connectivity index (χ1) is 14.6. The highest BCUT2D eigenvalue weighted by Crippen LogP contribution is 2.30. The fourth-order valence-electron chi connectivity index (χ4n) is 4.33. The summed E-state index contributed by atoms with van der Waals surface area (Å²) >= 11 is 0. The highest BCUT2D eigenvalue weighted by molar-refractivity contribution is 5.88. The minimum absolute atomic E-state index is 0.0171. The smallest absolute Gasteiger partial charge is 0.258 e. The lowest BCUT2D eigenvalue weighted by Gasteiger charge is -2.20. The number of rotatable bonds is 5. The molecule has 152 valence electrons. The van der Waals surface area contributed by atoms with Crippen LogP contribution in [0.4, 0.5) is 0 Å². The molecule has 2 aromatic carbocycles. The Balaban J connectivity index is 1.39. The summed E-state index contributed by atoms with van der Waals surface area (Å²) in [5, 5.41) is 1.57. The number of aromatic amines is 1. The summed E-state index contributed by atoms with van der Waals surface area (Å²) in [5.74, 6) is 0.472. The number of hydrogen-bond donors (Lipinski definition) is 1. The van der Waals surface area contributed by atoms with Gasteiger partial charge in [-0.1, -0.05) is 12.1 Å². The first-order valence-electron chi connectivity index (χ1n) is 10.4. The van der Waals surface area contributed by atoms with Crippen molar-refractivity contribution in [1.82, 2.24) is 14.9 Å².